The van der Waals surface area contributed by atoms with Gasteiger partial charge in [0.1, 0.15) is 10.5 Å². The van der Waals surface area contributed by atoms with Crippen LogP contribution < -0.4 is 0 Å². The average molecular weight is 522 g/mol. The van der Waals surface area contributed by atoms with Gasteiger partial charge in [-0.05, 0) is 48.4 Å². The standard InChI is InChI=1S/C28H31N3O3S2/c1-22-20-29(16-17-31(22)36(33,34)21-24-11-6-3-7-12-24)27(32)26-19-25-14-18-35-28(25)30(26)15-8-13-23-9-4-2-5-10-23/h2-7,9-12,14,18-19,22H,8,13,15-17,20-21H2,1H3. The zero-order valence-corrected chi connectivity index (χ0v) is 22.0. The number of carbonyl (C=O) groups is 1. The fourth-order valence-electron chi connectivity index (χ4n) is 5.03. The maximum atomic E-state index is 13.7. The minimum Gasteiger partial charge on any atom is -0.334 e. The van der Waals surface area contributed by atoms with E-state index in [2.05, 4.69) is 40.3 Å². The molecule has 1 unspecified atom stereocenters. The minimum absolute atomic E-state index is 0.0212. The van der Waals surface area contributed by atoms with Gasteiger partial charge >= 0.3 is 0 Å². The molecule has 5 rings (SSSR count). The number of aryl methyl sites for hydroxylation is 2. The second kappa shape index (κ2) is 10.6. The van der Waals surface area contributed by atoms with Crippen LogP contribution in [0.5, 0.6) is 0 Å². The smallest absolute Gasteiger partial charge is 0.270 e. The Morgan fingerprint density at radius 3 is 2.36 bits per heavy atom. The van der Waals surface area contributed by atoms with E-state index >= 15 is 0 Å². The lowest BCUT2D eigenvalue weighted by molar-refractivity contribution is 0.0631. The Labute approximate surface area is 216 Å². The number of hydrogen-bond acceptors (Lipinski definition) is 4. The average Bonchev–Trinajstić information content (AvgIpc) is 3.47. The molecule has 4 aromatic rings. The first-order chi connectivity index (χ1) is 17.4. The maximum Gasteiger partial charge on any atom is 0.270 e. The lowest BCUT2D eigenvalue weighted by atomic mass is 10.1. The van der Waals surface area contributed by atoms with Gasteiger partial charge in [-0.15, -0.1) is 11.3 Å². The van der Waals surface area contributed by atoms with Crippen LogP contribution in [0.25, 0.3) is 10.2 Å². The van der Waals surface area contributed by atoms with E-state index < -0.39 is 10.0 Å². The summed E-state index contributed by atoms with van der Waals surface area (Å²) in [7, 11) is -3.47. The highest BCUT2D eigenvalue weighted by Crippen LogP contribution is 2.28. The van der Waals surface area contributed by atoms with E-state index in [0.717, 1.165) is 35.2 Å². The molecule has 188 valence electrons. The molecular formula is C28H31N3O3S2. The first-order valence-corrected chi connectivity index (χ1v) is 14.8. The molecule has 2 aromatic heterocycles. The number of piperazine rings is 1. The molecule has 3 heterocycles. The first-order valence-electron chi connectivity index (χ1n) is 12.4. The molecule has 1 saturated heterocycles. The molecule has 0 radical (unpaired) electrons. The van der Waals surface area contributed by atoms with Crippen LogP contribution in [0.3, 0.4) is 0 Å². The van der Waals surface area contributed by atoms with Crippen LogP contribution >= 0.6 is 11.3 Å². The molecule has 0 spiro atoms. The van der Waals surface area contributed by atoms with Gasteiger partial charge in [-0.25, -0.2) is 8.42 Å². The van der Waals surface area contributed by atoms with Crippen molar-refractivity contribution in [1.82, 2.24) is 13.8 Å². The number of hydrogen-bond donors (Lipinski definition) is 0. The molecule has 6 nitrogen and oxygen atoms in total. The third-order valence-electron chi connectivity index (χ3n) is 6.81. The van der Waals surface area contributed by atoms with Gasteiger partial charge < -0.3 is 9.47 Å². The van der Waals surface area contributed by atoms with Crippen molar-refractivity contribution in [3.8, 4) is 0 Å². The summed E-state index contributed by atoms with van der Waals surface area (Å²) in [5.74, 6) is -0.0442. The highest BCUT2D eigenvalue weighted by Gasteiger charge is 2.35. The lowest BCUT2D eigenvalue weighted by Crippen LogP contribution is -2.55. The van der Waals surface area contributed by atoms with E-state index in [0.29, 0.717) is 25.3 Å². The summed E-state index contributed by atoms with van der Waals surface area (Å²) < 4.78 is 29.9. The number of rotatable bonds is 8. The van der Waals surface area contributed by atoms with Crippen molar-refractivity contribution in [3.63, 3.8) is 0 Å². The summed E-state index contributed by atoms with van der Waals surface area (Å²) in [6, 6.07) is 23.4. The minimum atomic E-state index is -3.47. The van der Waals surface area contributed by atoms with Crippen molar-refractivity contribution in [3.05, 3.63) is 95.0 Å². The van der Waals surface area contributed by atoms with Crippen LogP contribution in [-0.2, 0) is 28.7 Å². The van der Waals surface area contributed by atoms with Crippen LogP contribution in [0, 0.1) is 0 Å². The third kappa shape index (κ3) is 5.26. The zero-order chi connectivity index (χ0) is 25.1. The SMILES string of the molecule is CC1CN(C(=O)c2cc3ccsc3n2CCCc2ccccc2)CCN1S(=O)(=O)Cc1ccccc1. The van der Waals surface area contributed by atoms with Crippen LogP contribution in [0.1, 0.15) is 35.0 Å². The van der Waals surface area contributed by atoms with Crippen LogP contribution in [-0.4, -0.2) is 53.8 Å². The third-order valence-corrected chi connectivity index (χ3v) is 9.72. The number of benzene rings is 2. The first kappa shape index (κ1) is 24.7. The number of nitrogens with zero attached hydrogens (tertiary/aromatic N) is 3. The quantitative estimate of drug-likeness (QED) is 0.327. The predicted octanol–water partition coefficient (Wildman–Crippen LogP) is 5.01. The van der Waals surface area contributed by atoms with Gasteiger partial charge in [0.05, 0.1) is 5.75 Å². The molecule has 36 heavy (non-hydrogen) atoms. The number of amides is 1. The molecule has 2 aromatic carbocycles. The van der Waals surface area contributed by atoms with Gasteiger partial charge in [-0.1, -0.05) is 60.7 Å². The second-order valence-corrected chi connectivity index (χ2v) is 12.2. The van der Waals surface area contributed by atoms with E-state index in [1.165, 1.54) is 5.56 Å². The van der Waals surface area contributed by atoms with Gasteiger partial charge in [0.25, 0.3) is 5.91 Å². The molecule has 1 fully saturated rings. The van der Waals surface area contributed by atoms with E-state index in [-0.39, 0.29) is 17.7 Å². The topological polar surface area (TPSA) is 62.6 Å². The highest BCUT2D eigenvalue weighted by molar-refractivity contribution is 7.88. The molecule has 0 bridgehead atoms. The van der Waals surface area contributed by atoms with Gasteiger partial charge in [-0.3, -0.25) is 4.79 Å². The van der Waals surface area contributed by atoms with E-state index in [4.69, 9.17) is 0 Å². The molecular weight excluding hydrogens is 490 g/mol. The van der Waals surface area contributed by atoms with E-state index in [1.54, 1.807) is 15.6 Å². The number of fused-ring (bicyclic) bond motifs is 1. The monoisotopic (exact) mass is 521 g/mol. The predicted molar refractivity (Wildman–Crippen MR) is 146 cm³/mol. The van der Waals surface area contributed by atoms with Gasteiger partial charge in [-0.2, -0.15) is 4.31 Å². The Bertz CT molecular complexity index is 1430. The fourth-order valence-corrected chi connectivity index (χ4v) is 7.71. The summed E-state index contributed by atoms with van der Waals surface area (Å²) in [5.41, 5.74) is 2.76. The highest BCUT2D eigenvalue weighted by atomic mass is 32.2. The number of thiophene rings is 1. The van der Waals surface area contributed by atoms with E-state index in [1.807, 2.05) is 54.3 Å². The molecule has 0 saturated carbocycles. The Hall–Kier alpha value is -2.94. The number of sulfonamides is 1. The number of carbonyl (C=O) groups excluding carboxylic acids is 1. The van der Waals surface area contributed by atoms with Gasteiger partial charge in [0.2, 0.25) is 10.0 Å². The molecule has 8 heteroatoms. The molecule has 0 N–H and O–H groups in total. The number of aromatic nitrogens is 1. The maximum absolute atomic E-state index is 13.7. The normalized spacial score (nSPS) is 17.0. The van der Waals surface area contributed by atoms with E-state index in [9.17, 15) is 13.2 Å². The summed E-state index contributed by atoms with van der Waals surface area (Å²) in [6.45, 7) is 3.74. The Morgan fingerprint density at radius 2 is 1.67 bits per heavy atom. The summed E-state index contributed by atoms with van der Waals surface area (Å²) in [4.78, 5) is 16.6. The molecule has 1 amide bonds. The van der Waals surface area contributed by atoms with Crippen LogP contribution in [0.2, 0.25) is 0 Å². The molecule has 1 aliphatic rings. The van der Waals surface area contributed by atoms with Gasteiger partial charge in [0, 0.05) is 37.6 Å². The largest absolute Gasteiger partial charge is 0.334 e. The fraction of sp³-hybridized carbons (Fsp3) is 0.321. The Balaban J connectivity index is 1.28. The molecule has 0 aliphatic carbocycles. The zero-order valence-electron chi connectivity index (χ0n) is 20.4. The summed E-state index contributed by atoms with van der Waals surface area (Å²) in [5, 5.41) is 3.14. The molecule has 1 aliphatic heterocycles. The summed E-state index contributed by atoms with van der Waals surface area (Å²) >= 11 is 1.65. The van der Waals surface area contributed by atoms with Crippen molar-refractivity contribution < 1.29 is 13.2 Å². The Kier molecular flexibility index (Phi) is 7.27. The lowest BCUT2D eigenvalue weighted by Gasteiger charge is -2.39. The van der Waals surface area contributed by atoms with Gasteiger partial charge in [0.15, 0.2) is 0 Å². The summed E-state index contributed by atoms with van der Waals surface area (Å²) in [6.07, 6.45) is 1.89. The second-order valence-electron chi connectivity index (χ2n) is 9.40. The molecule has 1 atom stereocenters. The van der Waals surface area contributed by atoms with Crippen molar-refractivity contribution in [2.75, 3.05) is 19.6 Å². The van der Waals surface area contributed by atoms with Crippen molar-refractivity contribution in [2.45, 2.75) is 38.1 Å². The van der Waals surface area contributed by atoms with Crippen molar-refractivity contribution in [2.24, 2.45) is 0 Å². The Morgan fingerprint density at radius 1 is 0.972 bits per heavy atom. The van der Waals surface area contributed by atoms with Crippen molar-refractivity contribution in [1.29, 1.82) is 0 Å². The van der Waals surface area contributed by atoms with Crippen LogP contribution in [0.4, 0.5) is 0 Å². The van der Waals surface area contributed by atoms with Crippen LogP contribution in [0.15, 0.2) is 78.2 Å². The van der Waals surface area contributed by atoms with Crippen molar-refractivity contribution >= 4 is 37.5 Å².